The number of likely N-dealkylation sites (tertiary alicyclic amines) is 1. The van der Waals surface area contributed by atoms with E-state index >= 15 is 0 Å². The maximum atomic E-state index is 13.4. The molecule has 1 amide bonds. The van der Waals surface area contributed by atoms with Crippen LogP contribution in [-0.2, 0) is 11.3 Å². The van der Waals surface area contributed by atoms with E-state index in [9.17, 15) is 9.18 Å². The molecule has 0 aromatic heterocycles. The zero-order valence-electron chi connectivity index (χ0n) is 12.2. The van der Waals surface area contributed by atoms with Crippen LogP contribution in [0.5, 0.6) is 0 Å². The number of nitrogens with two attached hydrogens (primary N) is 1. The van der Waals surface area contributed by atoms with Gasteiger partial charge in [0.05, 0.1) is 6.54 Å². The number of rotatable bonds is 5. The average Bonchev–Trinajstić information content (AvgIpc) is 2.78. The minimum atomic E-state index is -0.287. The summed E-state index contributed by atoms with van der Waals surface area (Å²) in [6, 6.07) is 6.86. The molecule has 2 unspecified atom stereocenters. The zero-order valence-corrected chi connectivity index (χ0v) is 13.0. The molecule has 6 heteroatoms. The second-order valence-electron chi connectivity index (χ2n) is 5.48. The van der Waals surface area contributed by atoms with Crippen molar-refractivity contribution in [3.8, 4) is 0 Å². The lowest BCUT2D eigenvalue weighted by molar-refractivity contribution is -0.122. The van der Waals surface area contributed by atoms with Gasteiger partial charge in [-0.25, -0.2) is 4.39 Å². The summed E-state index contributed by atoms with van der Waals surface area (Å²) in [6.45, 7) is 4.22. The Morgan fingerprint density at radius 3 is 2.81 bits per heavy atom. The van der Waals surface area contributed by atoms with Crippen molar-refractivity contribution >= 4 is 18.3 Å². The monoisotopic (exact) mass is 315 g/mol. The first-order chi connectivity index (χ1) is 9.60. The fourth-order valence-corrected chi connectivity index (χ4v) is 2.68. The lowest BCUT2D eigenvalue weighted by atomic mass is 10.1. The van der Waals surface area contributed by atoms with Gasteiger partial charge in [-0.3, -0.25) is 9.69 Å². The predicted molar refractivity (Wildman–Crippen MR) is 83.7 cm³/mol. The fourth-order valence-electron chi connectivity index (χ4n) is 2.68. The molecule has 1 aliphatic heterocycles. The van der Waals surface area contributed by atoms with E-state index in [0.717, 1.165) is 13.0 Å². The molecule has 1 aromatic carbocycles. The van der Waals surface area contributed by atoms with E-state index in [-0.39, 0.29) is 30.7 Å². The number of carbonyl (C=O) groups excluding carboxylic acids is 1. The number of halogens is 2. The van der Waals surface area contributed by atoms with Crippen molar-refractivity contribution in [2.24, 2.45) is 11.7 Å². The summed E-state index contributed by atoms with van der Waals surface area (Å²) in [5, 5.41) is 2.77. The summed E-state index contributed by atoms with van der Waals surface area (Å²) in [5.41, 5.74) is 6.18. The quantitative estimate of drug-likeness (QED) is 0.866. The van der Waals surface area contributed by atoms with Crippen LogP contribution in [0, 0.1) is 11.7 Å². The smallest absolute Gasteiger partial charge is 0.234 e. The van der Waals surface area contributed by atoms with Crippen LogP contribution >= 0.6 is 12.4 Å². The fraction of sp³-hybridized carbons (Fsp3) is 0.533. The highest BCUT2D eigenvalue weighted by atomic mass is 35.5. The Bertz CT molecular complexity index is 472. The second kappa shape index (κ2) is 8.32. The van der Waals surface area contributed by atoms with Crippen molar-refractivity contribution in [1.29, 1.82) is 0 Å². The van der Waals surface area contributed by atoms with E-state index in [1.54, 1.807) is 18.2 Å². The molecular formula is C15H23ClFN3O. The number of carbonyl (C=O) groups is 1. The molecule has 2 rings (SSSR count). The van der Waals surface area contributed by atoms with Crippen LogP contribution in [0.3, 0.4) is 0 Å². The van der Waals surface area contributed by atoms with Crippen molar-refractivity contribution in [1.82, 2.24) is 10.2 Å². The van der Waals surface area contributed by atoms with Gasteiger partial charge in [0.15, 0.2) is 0 Å². The molecule has 21 heavy (non-hydrogen) atoms. The molecular weight excluding hydrogens is 293 g/mol. The molecule has 1 saturated heterocycles. The molecule has 0 bridgehead atoms. The van der Waals surface area contributed by atoms with Gasteiger partial charge >= 0.3 is 0 Å². The van der Waals surface area contributed by atoms with E-state index in [0.29, 0.717) is 30.6 Å². The second-order valence-corrected chi connectivity index (χ2v) is 5.48. The van der Waals surface area contributed by atoms with Crippen molar-refractivity contribution < 1.29 is 9.18 Å². The molecule has 1 aliphatic rings. The molecule has 0 aliphatic carbocycles. The van der Waals surface area contributed by atoms with Crippen molar-refractivity contribution in [3.63, 3.8) is 0 Å². The van der Waals surface area contributed by atoms with Gasteiger partial charge in [0.25, 0.3) is 0 Å². The third kappa shape index (κ3) is 4.95. The van der Waals surface area contributed by atoms with E-state index in [4.69, 9.17) is 5.73 Å². The molecule has 0 saturated carbocycles. The van der Waals surface area contributed by atoms with Gasteiger partial charge in [0.2, 0.25) is 5.91 Å². The predicted octanol–water partition coefficient (Wildman–Crippen LogP) is 1.53. The van der Waals surface area contributed by atoms with Crippen LogP contribution < -0.4 is 11.1 Å². The van der Waals surface area contributed by atoms with E-state index < -0.39 is 0 Å². The van der Waals surface area contributed by atoms with Gasteiger partial charge in [-0.15, -0.1) is 12.4 Å². The third-order valence-electron chi connectivity index (χ3n) is 3.90. The molecule has 4 nitrogen and oxygen atoms in total. The number of hydrogen-bond donors (Lipinski definition) is 2. The van der Waals surface area contributed by atoms with E-state index in [1.165, 1.54) is 6.07 Å². The summed E-state index contributed by atoms with van der Waals surface area (Å²) >= 11 is 0. The molecule has 0 radical (unpaired) electrons. The number of benzene rings is 1. The molecule has 1 heterocycles. The Balaban J connectivity index is 0.00000220. The van der Waals surface area contributed by atoms with Gasteiger partial charge in [-0.1, -0.05) is 18.2 Å². The largest absolute Gasteiger partial charge is 0.351 e. The van der Waals surface area contributed by atoms with Crippen LogP contribution in [0.1, 0.15) is 18.9 Å². The maximum absolute atomic E-state index is 13.4. The van der Waals surface area contributed by atoms with E-state index in [2.05, 4.69) is 17.1 Å². The van der Waals surface area contributed by atoms with Gasteiger partial charge in [0.1, 0.15) is 5.82 Å². The van der Waals surface area contributed by atoms with Crippen molar-refractivity contribution in [2.45, 2.75) is 25.9 Å². The Labute approximate surface area is 131 Å². The van der Waals surface area contributed by atoms with Crippen molar-refractivity contribution in [3.05, 3.63) is 35.6 Å². The first-order valence-corrected chi connectivity index (χ1v) is 7.04. The molecule has 118 valence electrons. The zero-order chi connectivity index (χ0) is 14.5. The summed E-state index contributed by atoms with van der Waals surface area (Å²) in [6.07, 6.45) is 1.04. The third-order valence-corrected chi connectivity index (χ3v) is 3.90. The topological polar surface area (TPSA) is 58.4 Å². The SMILES string of the molecule is CC1CC(CN)CN1CC(=O)NCc1ccccc1F.Cl. The Morgan fingerprint density at radius 2 is 2.19 bits per heavy atom. The Kier molecular flexibility index (Phi) is 7.08. The lowest BCUT2D eigenvalue weighted by Crippen LogP contribution is -2.39. The number of hydrogen-bond acceptors (Lipinski definition) is 3. The first kappa shape index (κ1) is 17.9. The molecule has 1 fully saturated rings. The molecule has 3 N–H and O–H groups in total. The highest BCUT2D eigenvalue weighted by Gasteiger charge is 2.29. The van der Waals surface area contributed by atoms with Crippen LogP contribution in [0.4, 0.5) is 4.39 Å². The van der Waals surface area contributed by atoms with Gasteiger partial charge in [-0.05, 0) is 31.9 Å². The number of amides is 1. The summed E-state index contributed by atoms with van der Waals surface area (Å²) in [7, 11) is 0. The van der Waals surface area contributed by atoms with Gasteiger partial charge in [0, 0.05) is 24.7 Å². The lowest BCUT2D eigenvalue weighted by Gasteiger charge is -2.20. The van der Waals surface area contributed by atoms with Gasteiger partial charge in [-0.2, -0.15) is 0 Å². The Morgan fingerprint density at radius 1 is 1.48 bits per heavy atom. The average molecular weight is 316 g/mol. The van der Waals surface area contributed by atoms with Gasteiger partial charge < -0.3 is 11.1 Å². The highest BCUT2D eigenvalue weighted by Crippen LogP contribution is 2.21. The highest BCUT2D eigenvalue weighted by molar-refractivity contribution is 5.85. The molecule has 1 aromatic rings. The van der Waals surface area contributed by atoms with Crippen LogP contribution in [0.25, 0.3) is 0 Å². The number of nitrogens with one attached hydrogen (secondary N) is 1. The minimum Gasteiger partial charge on any atom is -0.351 e. The summed E-state index contributed by atoms with van der Waals surface area (Å²) in [4.78, 5) is 14.1. The first-order valence-electron chi connectivity index (χ1n) is 7.04. The maximum Gasteiger partial charge on any atom is 0.234 e. The summed E-state index contributed by atoms with van der Waals surface area (Å²) in [5.74, 6) is 0.118. The molecule has 2 atom stereocenters. The summed E-state index contributed by atoms with van der Waals surface area (Å²) < 4.78 is 13.4. The molecule has 0 spiro atoms. The van der Waals surface area contributed by atoms with Crippen molar-refractivity contribution in [2.75, 3.05) is 19.6 Å². The normalized spacial score (nSPS) is 21.9. The minimum absolute atomic E-state index is 0. The Hall–Kier alpha value is -1.17. The standard InChI is InChI=1S/C15H22FN3O.ClH/c1-11-6-12(7-17)9-19(11)10-15(20)18-8-13-4-2-3-5-14(13)16;/h2-5,11-12H,6-10,17H2,1H3,(H,18,20);1H. The van der Waals surface area contributed by atoms with Crippen LogP contribution in [0.15, 0.2) is 24.3 Å². The van der Waals surface area contributed by atoms with E-state index in [1.807, 2.05) is 0 Å². The van der Waals surface area contributed by atoms with Crippen LogP contribution in [-0.4, -0.2) is 36.5 Å². The number of nitrogens with zero attached hydrogens (tertiary/aromatic N) is 1. The van der Waals surface area contributed by atoms with Crippen LogP contribution in [0.2, 0.25) is 0 Å².